The number of carbonyl (C=O) groups is 1. The maximum atomic E-state index is 12.2. The summed E-state index contributed by atoms with van der Waals surface area (Å²) in [7, 11) is 0. The number of amides is 1. The molecule has 0 aromatic carbocycles. The minimum atomic E-state index is 0.0535. The highest BCUT2D eigenvalue weighted by Crippen LogP contribution is 2.18. The smallest absolute Gasteiger partial charge is 0.261 e. The fourth-order valence-corrected chi connectivity index (χ4v) is 3.39. The Balaban J connectivity index is 1.69. The summed E-state index contributed by atoms with van der Waals surface area (Å²) in [4.78, 5) is 17.5. The summed E-state index contributed by atoms with van der Waals surface area (Å²) >= 11 is 1.50. The molecular weight excluding hydrogens is 258 g/mol. The molecule has 100 valence electrons. The first kappa shape index (κ1) is 12.4. The van der Waals surface area contributed by atoms with Crippen molar-refractivity contribution in [3.05, 3.63) is 39.6 Å². The second kappa shape index (κ2) is 4.81. The van der Waals surface area contributed by atoms with Gasteiger partial charge in [-0.05, 0) is 37.3 Å². The second-order valence-corrected chi connectivity index (χ2v) is 6.01. The van der Waals surface area contributed by atoms with Crippen LogP contribution in [0.3, 0.4) is 0 Å². The van der Waals surface area contributed by atoms with E-state index in [1.54, 1.807) is 0 Å². The average molecular weight is 275 g/mol. The molecule has 3 heterocycles. The maximum absolute atomic E-state index is 12.2. The first-order valence-electron chi connectivity index (χ1n) is 6.51. The third kappa shape index (κ3) is 2.42. The minimum Gasteiger partial charge on any atom is -0.347 e. The van der Waals surface area contributed by atoms with E-state index in [0.29, 0.717) is 0 Å². The van der Waals surface area contributed by atoms with Crippen LogP contribution < -0.4 is 5.32 Å². The van der Waals surface area contributed by atoms with Gasteiger partial charge in [0.15, 0.2) is 0 Å². The van der Waals surface area contributed by atoms with Gasteiger partial charge in [0.2, 0.25) is 0 Å². The molecule has 0 radical (unpaired) electrons. The molecule has 0 saturated carbocycles. The molecule has 19 heavy (non-hydrogen) atoms. The number of imidazole rings is 1. The van der Waals surface area contributed by atoms with Crippen molar-refractivity contribution in [2.45, 2.75) is 39.3 Å². The molecule has 2 aromatic heterocycles. The Bertz CT molecular complexity index is 614. The molecule has 1 atom stereocenters. The maximum Gasteiger partial charge on any atom is 0.261 e. The molecule has 5 heteroatoms. The molecule has 0 fully saturated rings. The summed E-state index contributed by atoms with van der Waals surface area (Å²) in [5, 5.41) is 5.10. The van der Waals surface area contributed by atoms with E-state index in [1.807, 2.05) is 25.3 Å². The van der Waals surface area contributed by atoms with Crippen molar-refractivity contribution in [2.75, 3.05) is 0 Å². The number of nitrogens with one attached hydrogen (secondary N) is 1. The number of carbonyl (C=O) groups excluding carboxylic acids is 1. The lowest BCUT2D eigenvalue weighted by molar-refractivity contribution is 0.0931. The van der Waals surface area contributed by atoms with Crippen LogP contribution >= 0.6 is 11.3 Å². The zero-order valence-corrected chi connectivity index (χ0v) is 12.0. The van der Waals surface area contributed by atoms with E-state index in [1.165, 1.54) is 11.3 Å². The Morgan fingerprint density at radius 1 is 1.53 bits per heavy atom. The summed E-state index contributed by atoms with van der Waals surface area (Å²) in [6, 6.07) is 2.19. The van der Waals surface area contributed by atoms with Crippen molar-refractivity contribution in [2.24, 2.45) is 0 Å². The quantitative estimate of drug-likeness (QED) is 0.914. The number of hydrogen-bond donors (Lipinski definition) is 1. The average Bonchev–Trinajstić information content (AvgIpc) is 2.93. The van der Waals surface area contributed by atoms with Crippen molar-refractivity contribution < 1.29 is 4.79 Å². The van der Waals surface area contributed by atoms with Gasteiger partial charge in [-0.25, -0.2) is 4.98 Å². The molecule has 1 amide bonds. The molecule has 2 aromatic rings. The fourth-order valence-electron chi connectivity index (χ4n) is 2.56. The van der Waals surface area contributed by atoms with Gasteiger partial charge in [-0.1, -0.05) is 0 Å². The van der Waals surface area contributed by atoms with E-state index in [0.717, 1.165) is 41.3 Å². The second-order valence-electron chi connectivity index (χ2n) is 5.09. The van der Waals surface area contributed by atoms with Gasteiger partial charge in [0, 0.05) is 25.2 Å². The van der Waals surface area contributed by atoms with Gasteiger partial charge in [-0.3, -0.25) is 4.79 Å². The molecule has 0 unspecified atom stereocenters. The van der Waals surface area contributed by atoms with E-state index in [4.69, 9.17) is 0 Å². The van der Waals surface area contributed by atoms with E-state index in [9.17, 15) is 4.79 Å². The van der Waals surface area contributed by atoms with Crippen LogP contribution in [-0.2, 0) is 13.0 Å². The van der Waals surface area contributed by atoms with Gasteiger partial charge in [0.1, 0.15) is 5.82 Å². The van der Waals surface area contributed by atoms with Crippen LogP contribution in [0.2, 0.25) is 0 Å². The zero-order valence-electron chi connectivity index (χ0n) is 11.1. The summed E-state index contributed by atoms with van der Waals surface area (Å²) in [5.41, 5.74) is 2.11. The summed E-state index contributed by atoms with van der Waals surface area (Å²) in [6.45, 7) is 4.81. The highest BCUT2D eigenvalue weighted by atomic mass is 32.1. The van der Waals surface area contributed by atoms with Crippen molar-refractivity contribution >= 4 is 17.2 Å². The SMILES string of the molecule is Cc1cn2c(n1)CC[C@H](NC(=O)c1sccc1C)C2. The molecule has 0 spiro atoms. The van der Waals surface area contributed by atoms with Gasteiger partial charge < -0.3 is 9.88 Å². The number of thiophene rings is 1. The van der Waals surface area contributed by atoms with Gasteiger partial charge in [0.05, 0.1) is 10.6 Å². The summed E-state index contributed by atoms with van der Waals surface area (Å²) < 4.78 is 2.16. The third-order valence-electron chi connectivity index (χ3n) is 3.52. The van der Waals surface area contributed by atoms with Crippen LogP contribution in [-0.4, -0.2) is 21.5 Å². The molecule has 1 aliphatic rings. The summed E-state index contributed by atoms with van der Waals surface area (Å²) in [6.07, 6.45) is 3.96. The minimum absolute atomic E-state index is 0.0535. The number of aromatic nitrogens is 2. The van der Waals surface area contributed by atoms with Crippen molar-refractivity contribution in [3.8, 4) is 0 Å². The van der Waals surface area contributed by atoms with Gasteiger partial charge >= 0.3 is 0 Å². The molecule has 0 aliphatic carbocycles. The zero-order chi connectivity index (χ0) is 13.4. The van der Waals surface area contributed by atoms with Crippen molar-refractivity contribution in [1.29, 1.82) is 0 Å². The van der Waals surface area contributed by atoms with E-state index >= 15 is 0 Å². The normalized spacial score (nSPS) is 18.1. The molecule has 1 aliphatic heterocycles. The Morgan fingerprint density at radius 2 is 2.37 bits per heavy atom. The standard InChI is InChI=1S/C14H17N3OS/c1-9-5-6-19-13(9)14(18)16-11-3-4-12-15-10(2)7-17(12)8-11/h5-7,11H,3-4,8H2,1-2H3,(H,16,18)/t11-/m0/s1. The molecule has 3 rings (SSSR count). The third-order valence-corrected chi connectivity index (χ3v) is 4.53. The van der Waals surface area contributed by atoms with E-state index in [-0.39, 0.29) is 11.9 Å². The van der Waals surface area contributed by atoms with Crippen LogP contribution in [0.5, 0.6) is 0 Å². The molecule has 0 bridgehead atoms. The van der Waals surface area contributed by atoms with Crippen LogP contribution in [0, 0.1) is 13.8 Å². The highest BCUT2D eigenvalue weighted by molar-refractivity contribution is 7.12. The van der Waals surface area contributed by atoms with Crippen LogP contribution in [0.1, 0.15) is 33.2 Å². The van der Waals surface area contributed by atoms with Crippen LogP contribution in [0.25, 0.3) is 0 Å². The van der Waals surface area contributed by atoms with Gasteiger partial charge in [-0.2, -0.15) is 0 Å². The molecule has 1 N–H and O–H groups in total. The Kier molecular flexibility index (Phi) is 3.14. The van der Waals surface area contributed by atoms with E-state index < -0.39 is 0 Å². The number of fused-ring (bicyclic) bond motifs is 1. The van der Waals surface area contributed by atoms with Crippen molar-refractivity contribution in [1.82, 2.24) is 14.9 Å². The Labute approximate surface area is 116 Å². The predicted molar refractivity (Wildman–Crippen MR) is 75.6 cm³/mol. The lowest BCUT2D eigenvalue weighted by Gasteiger charge is -2.24. The Hall–Kier alpha value is -1.62. The number of rotatable bonds is 2. The van der Waals surface area contributed by atoms with E-state index in [2.05, 4.69) is 21.1 Å². The van der Waals surface area contributed by atoms with Gasteiger partial charge in [0.25, 0.3) is 5.91 Å². The number of hydrogen-bond acceptors (Lipinski definition) is 3. The first-order chi connectivity index (χ1) is 9.13. The van der Waals surface area contributed by atoms with Crippen molar-refractivity contribution in [3.63, 3.8) is 0 Å². The monoisotopic (exact) mass is 275 g/mol. The molecule has 0 saturated heterocycles. The molecular formula is C14H17N3OS. The highest BCUT2D eigenvalue weighted by Gasteiger charge is 2.22. The van der Waals surface area contributed by atoms with Crippen LogP contribution in [0.4, 0.5) is 0 Å². The number of aryl methyl sites for hydroxylation is 3. The van der Waals surface area contributed by atoms with Crippen LogP contribution in [0.15, 0.2) is 17.6 Å². The Morgan fingerprint density at radius 3 is 3.11 bits per heavy atom. The summed E-state index contributed by atoms with van der Waals surface area (Å²) in [5.74, 6) is 1.19. The topological polar surface area (TPSA) is 46.9 Å². The largest absolute Gasteiger partial charge is 0.347 e. The lowest BCUT2D eigenvalue weighted by atomic mass is 10.1. The lowest BCUT2D eigenvalue weighted by Crippen LogP contribution is -2.40. The van der Waals surface area contributed by atoms with Gasteiger partial charge in [-0.15, -0.1) is 11.3 Å². The number of nitrogens with zero attached hydrogens (tertiary/aromatic N) is 2. The first-order valence-corrected chi connectivity index (χ1v) is 7.39. The fraction of sp³-hybridized carbons (Fsp3) is 0.429. The predicted octanol–water partition coefficient (Wildman–Crippen LogP) is 2.31. The molecule has 4 nitrogen and oxygen atoms in total.